The predicted octanol–water partition coefficient (Wildman–Crippen LogP) is 3.56. The van der Waals surface area contributed by atoms with Gasteiger partial charge >= 0.3 is 5.97 Å². The van der Waals surface area contributed by atoms with Crippen molar-refractivity contribution in [3.63, 3.8) is 0 Å². The first-order valence-electron chi connectivity index (χ1n) is 10.5. The number of aromatic nitrogens is 1. The fourth-order valence-electron chi connectivity index (χ4n) is 3.91. The SMILES string of the molecule is COC(=O)c1ccc(N2C(=O)C(=O)/C(=C(/O)c3ccncc3)C2c2ccc(N(C)C)cc2)cc1. The number of carbonyl (C=O) groups is 3. The quantitative estimate of drug-likeness (QED) is 0.271. The second-order valence-corrected chi connectivity index (χ2v) is 7.93. The van der Waals surface area contributed by atoms with E-state index in [2.05, 4.69) is 4.98 Å². The third kappa shape index (κ3) is 4.01. The Morgan fingerprint density at radius 1 is 0.941 bits per heavy atom. The molecule has 1 saturated heterocycles. The number of rotatable bonds is 5. The van der Waals surface area contributed by atoms with Crippen molar-refractivity contribution in [2.24, 2.45) is 0 Å². The lowest BCUT2D eigenvalue weighted by Crippen LogP contribution is -2.29. The smallest absolute Gasteiger partial charge is 0.337 e. The van der Waals surface area contributed by atoms with E-state index in [0.29, 0.717) is 22.4 Å². The molecule has 1 aliphatic heterocycles. The fraction of sp³-hybridized carbons (Fsp3) is 0.154. The van der Waals surface area contributed by atoms with Crippen LogP contribution in [0.25, 0.3) is 5.76 Å². The molecule has 3 aromatic rings. The molecule has 0 aliphatic carbocycles. The lowest BCUT2D eigenvalue weighted by Gasteiger charge is -2.26. The Hall–Kier alpha value is -4.46. The number of ketones is 1. The van der Waals surface area contributed by atoms with Gasteiger partial charge in [0, 0.05) is 43.4 Å². The van der Waals surface area contributed by atoms with Gasteiger partial charge in [0.15, 0.2) is 0 Å². The summed E-state index contributed by atoms with van der Waals surface area (Å²) in [4.78, 5) is 45.4. The first kappa shape index (κ1) is 22.7. The molecule has 1 aromatic heterocycles. The number of anilines is 2. The highest BCUT2D eigenvalue weighted by Crippen LogP contribution is 2.42. The monoisotopic (exact) mass is 457 g/mol. The van der Waals surface area contributed by atoms with Crippen LogP contribution in [0.15, 0.2) is 78.6 Å². The molecule has 1 aliphatic rings. The van der Waals surface area contributed by atoms with Gasteiger partial charge in [-0.1, -0.05) is 12.1 Å². The molecule has 0 radical (unpaired) electrons. The molecule has 8 heteroatoms. The summed E-state index contributed by atoms with van der Waals surface area (Å²) >= 11 is 0. The van der Waals surface area contributed by atoms with Gasteiger partial charge in [-0.25, -0.2) is 4.79 Å². The molecule has 0 saturated carbocycles. The summed E-state index contributed by atoms with van der Waals surface area (Å²) < 4.78 is 4.74. The van der Waals surface area contributed by atoms with E-state index in [1.54, 1.807) is 24.3 Å². The van der Waals surface area contributed by atoms with Crippen LogP contribution in [0.5, 0.6) is 0 Å². The minimum atomic E-state index is -0.867. The van der Waals surface area contributed by atoms with E-state index >= 15 is 0 Å². The Morgan fingerprint density at radius 3 is 2.12 bits per heavy atom. The minimum absolute atomic E-state index is 0.0224. The molecule has 8 nitrogen and oxygen atoms in total. The summed E-state index contributed by atoms with van der Waals surface area (Å²) in [7, 11) is 5.10. The second kappa shape index (κ2) is 9.19. The number of amides is 1. The van der Waals surface area contributed by atoms with Crippen molar-refractivity contribution in [1.29, 1.82) is 0 Å². The Balaban J connectivity index is 1.88. The number of aliphatic hydroxyl groups excluding tert-OH is 1. The summed E-state index contributed by atoms with van der Waals surface area (Å²) in [5, 5.41) is 11.1. The molecule has 2 heterocycles. The van der Waals surface area contributed by atoms with Crippen molar-refractivity contribution in [2.45, 2.75) is 6.04 Å². The number of aliphatic hydroxyl groups is 1. The molecule has 1 N–H and O–H groups in total. The van der Waals surface area contributed by atoms with Gasteiger partial charge < -0.3 is 14.7 Å². The highest BCUT2D eigenvalue weighted by atomic mass is 16.5. The van der Waals surface area contributed by atoms with Gasteiger partial charge in [0.1, 0.15) is 5.76 Å². The van der Waals surface area contributed by atoms with E-state index in [-0.39, 0.29) is 11.3 Å². The number of methoxy groups -OCH3 is 1. The highest BCUT2D eigenvalue weighted by Gasteiger charge is 2.47. The number of carbonyl (C=O) groups excluding carboxylic acids is 3. The van der Waals surface area contributed by atoms with Crippen molar-refractivity contribution in [1.82, 2.24) is 4.98 Å². The Morgan fingerprint density at radius 2 is 1.56 bits per heavy atom. The van der Waals surface area contributed by atoms with Gasteiger partial charge in [0.2, 0.25) is 0 Å². The Bertz CT molecular complexity index is 1270. The first-order chi connectivity index (χ1) is 16.3. The van der Waals surface area contributed by atoms with Gasteiger partial charge in [-0.2, -0.15) is 0 Å². The number of ether oxygens (including phenoxy) is 1. The van der Waals surface area contributed by atoms with Crippen molar-refractivity contribution in [3.05, 3.63) is 95.3 Å². The van der Waals surface area contributed by atoms with Crippen LogP contribution in [-0.4, -0.2) is 49.0 Å². The number of nitrogens with zero attached hydrogens (tertiary/aromatic N) is 3. The molecule has 1 unspecified atom stereocenters. The van der Waals surface area contributed by atoms with Crippen molar-refractivity contribution < 1.29 is 24.2 Å². The van der Waals surface area contributed by atoms with Crippen molar-refractivity contribution in [3.8, 4) is 0 Å². The summed E-state index contributed by atoms with van der Waals surface area (Å²) in [6.45, 7) is 0. The summed E-state index contributed by atoms with van der Waals surface area (Å²) in [5.41, 5.74) is 2.67. The van der Waals surface area contributed by atoms with E-state index in [1.807, 2.05) is 43.3 Å². The molecule has 34 heavy (non-hydrogen) atoms. The lowest BCUT2D eigenvalue weighted by atomic mass is 9.95. The lowest BCUT2D eigenvalue weighted by molar-refractivity contribution is -0.132. The molecule has 1 atom stereocenters. The number of hydrogen-bond acceptors (Lipinski definition) is 7. The molecular weight excluding hydrogens is 434 g/mol. The van der Waals surface area contributed by atoms with Crippen LogP contribution < -0.4 is 9.80 Å². The van der Waals surface area contributed by atoms with Crippen LogP contribution >= 0.6 is 0 Å². The summed E-state index contributed by atoms with van der Waals surface area (Å²) in [6, 6.07) is 15.9. The van der Waals surface area contributed by atoms with Crippen LogP contribution in [0.3, 0.4) is 0 Å². The van der Waals surface area contributed by atoms with Crippen LogP contribution in [0.1, 0.15) is 27.5 Å². The maximum Gasteiger partial charge on any atom is 0.337 e. The number of Topliss-reactive ketones (excluding diaryl/α,β-unsaturated/α-hetero) is 1. The predicted molar refractivity (Wildman–Crippen MR) is 128 cm³/mol. The Labute approximate surface area is 196 Å². The molecule has 1 amide bonds. The molecule has 2 aromatic carbocycles. The van der Waals surface area contributed by atoms with Crippen LogP contribution in [0.4, 0.5) is 11.4 Å². The highest BCUT2D eigenvalue weighted by molar-refractivity contribution is 6.51. The van der Waals surface area contributed by atoms with Crippen LogP contribution in [0, 0.1) is 0 Å². The summed E-state index contributed by atoms with van der Waals surface area (Å²) in [5.74, 6) is -2.37. The van der Waals surface area contributed by atoms with Crippen LogP contribution in [0.2, 0.25) is 0 Å². The van der Waals surface area contributed by atoms with Gasteiger partial charge in [-0.05, 0) is 54.1 Å². The van der Waals surface area contributed by atoms with E-state index < -0.39 is 23.7 Å². The third-order valence-corrected chi connectivity index (χ3v) is 5.69. The largest absolute Gasteiger partial charge is 0.507 e. The normalized spacial score (nSPS) is 17.0. The standard InChI is InChI=1S/C26H23N3O5/c1-28(2)19-8-4-16(5-9-19)22-21(23(30)17-12-14-27-15-13-17)24(31)25(32)29(22)20-10-6-18(7-11-20)26(33)34-3/h4-15,22,30H,1-3H3/b23-21+. The molecule has 1 fully saturated rings. The van der Waals surface area contributed by atoms with E-state index in [1.165, 1.54) is 36.5 Å². The molecule has 4 rings (SSSR count). The molecular formula is C26H23N3O5. The number of benzene rings is 2. The van der Waals surface area contributed by atoms with E-state index in [9.17, 15) is 19.5 Å². The van der Waals surface area contributed by atoms with Gasteiger partial charge in [-0.3, -0.25) is 19.5 Å². The molecule has 172 valence electrons. The fourth-order valence-corrected chi connectivity index (χ4v) is 3.91. The minimum Gasteiger partial charge on any atom is -0.507 e. The zero-order valence-corrected chi connectivity index (χ0v) is 18.9. The zero-order valence-electron chi connectivity index (χ0n) is 18.9. The van der Waals surface area contributed by atoms with Gasteiger partial charge in [0.25, 0.3) is 11.7 Å². The maximum absolute atomic E-state index is 13.2. The van der Waals surface area contributed by atoms with Crippen LogP contribution in [-0.2, 0) is 14.3 Å². The van der Waals surface area contributed by atoms with Gasteiger partial charge in [0.05, 0.1) is 24.3 Å². The van der Waals surface area contributed by atoms with Gasteiger partial charge in [-0.15, -0.1) is 0 Å². The van der Waals surface area contributed by atoms with E-state index in [4.69, 9.17) is 4.74 Å². The number of pyridine rings is 1. The second-order valence-electron chi connectivity index (χ2n) is 7.93. The van der Waals surface area contributed by atoms with E-state index in [0.717, 1.165) is 5.69 Å². The number of hydrogen-bond donors (Lipinski definition) is 1. The zero-order chi connectivity index (χ0) is 24.4. The average molecular weight is 457 g/mol. The van der Waals surface area contributed by atoms with Crippen molar-refractivity contribution >= 4 is 34.8 Å². The first-order valence-corrected chi connectivity index (χ1v) is 10.5. The maximum atomic E-state index is 13.2. The molecule has 0 bridgehead atoms. The molecule has 0 spiro atoms. The topological polar surface area (TPSA) is 100 Å². The van der Waals surface area contributed by atoms with Crippen molar-refractivity contribution in [2.75, 3.05) is 31.0 Å². The number of esters is 1. The Kier molecular flexibility index (Phi) is 6.14. The average Bonchev–Trinajstić information content (AvgIpc) is 3.14. The third-order valence-electron chi connectivity index (χ3n) is 5.69. The summed E-state index contributed by atoms with van der Waals surface area (Å²) in [6.07, 6.45) is 3.00.